The third kappa shape index (κ3) is 5.17. The second-order valence-electron chi connectivity index (χ2n) is 9.07. The predicted molar refractivity (Wildman–Crippen MR) is 132 cm³/mol. The van der Waals surface area contributed by atoms with E-state index in [9.17, 15) is 9.59 Å². The van der Waals surface area contributed by atoms with Gasteiger partial charge in [0.05, 0.1) is 17.3 Å². The molecule has 5 rings (SSSR count). The van der Waals surface area contributed by atoms with Crippen LogP contribution in [0, 0.1) is 5.92 Å². The van der Waals surface area contributed by atoms with Gasteiger partial charge in [-0.25, -0.2) is 9.78 Å². The Morgan fingerprint density at radius 2 is 1.94 bits per heavy atom. The van der Waals surface area contributed by atoms with Crippen LogP contribution in [0.5, 0.6) is 0 Å². The number of nitrogens with one attached hydrogen (secondary N) is 1. The van der Waals surface area contributed by atoms with Crippen LogP contribution >= 0.6 is 11.3 Å². The minimum absolute atomic E-state index is 0.0665. The summed E-state index contributed by atoms with van der Waals surface area (Å²) in [6.07, 6.45) is 4.33. The van der Waals surface area contributed by atoms with Gasteiger partial charge in [0.15, 0.2) is 5.13 Å². The van der Waals surface area contributed by atoms with Crippen molar-refractivity contribution < 1.29 is 19.1 Å². The molecule has 0 unspecified atom stereocenters. The monoisotopic (exact) mass is 479 g/mol. The number of carbonyl (C=O) groups excluding carboxylic acids is 2. The standard InChI is InChI=1S/C26H29N3O4S/c1-32-24(30)14-17-6-10-21(11-7-17)33-26(31)29-13-12-18-15-20(9-8-19(18)16-29)27-25-28-22-4-2-3-5-23(22)34-25/h2-5,8-9,15,17,21H,6-7,10-14,16H2,1H3,(H,27,28). The number of anilines is 2. The third-order valence-electron chi connectivity index (χ3n) is 6.77. The summed E-state index contributed by atoms with van der Waals surface area (Å²) in [6.45, 7) is 1.21. The number of aromatic nitrogens is 1. The number of ether oxygens (including phenoxy) is 2. The molecule has 1 fully saturated rings. The average Bonchev–Trinajstić information content (AvgIpc) is 3.27. The zero-order chi connectivity index (χ0) is 23.5. The fourth-order valence-corrected chi connectivity index (χ4v) is 5.71. The van der Waals surface area contributed by atoms with Crippen LogP contribution in [0.25, 0.3) is 10.2 Å². The Bertz CT molecular complexity index is 1150. The molecule has 2 aliphatic rings. The molecule has 3 aromatic rings. The van der Waals surface area contributed by atoms with Crippen LogP contribution in [0.1, 0.15) is 43.2 Å². The fraction of sp³-hybridized carbons (Fsp3) is 0.423. The minimum Gasteiger partial charge on any atom is -0.469 e. The summed E-state index contributed by atoms with van der Waals surface area (Å²) in [4.78, 5) is 30.7. The van der Waals surface area contributed by atoms with Gasteiger partial charge in [0.1, 0.15) is 6.10 Å². The second kappa shape index (κ2) is 10.0. The molecule has 178 valence electrons. The second-order valence-corrected chi connectivity index (χ2v) is 10.1. The summed E-state index contributed by atoms with van der Waals surface area (Å²) in [7, 11) is 1.42. The van der Waals surface area contributed by atoms with Gasteiger partial charge in [-0.3, -0.25) is 4.79 Å². The number of para-hydroxylation sites is 1. The van der Waals surface area contributed by atoms with Gasteiger partial charge in [0.25, 0.3) is 0 Å². The Kier molecular flexibility index (Phi) is 6.67. The van der Waals surface area contributed by atoms with Crippen molar-refractivity contribution in [3.05, 3.63) is 53.6 Å². The number of hydrogen-bond acceptors (Lipinski definition) is 7. The van der Waals surface area contributed by atoms with E-state index in [4.69, 9.17) is 9.47 Å². The lowest BCUT2D eigenvalue weighted by Crippen LogP contribution is -2.39. The highest BCUT2D eigenvalue weighted by atomic mass is 32.1. The third-order valence-corrected chi connectivity index (χ3v) is 7.72. The summed E-state index contributed by atoms with van der Waals surface area (Å²) in [5, 5.41) is 4.30. The van der Waals surface area contributed by atoms with Gasteiger partial charge in [-0.15, -0.1) is 0 Å². The van der Waals surface area contributed by atoms with E-state index in [-0.39, 0.29) is 18.2 Å². The van der Waals surface area contributed by atoms with Crippen molar-refractivity contribution in [1.29, 1.82) is 0 Å². The Labute approximate surface area is 203 Å². The Morgan fingerprint density at radius 1 is 1.12 bits per heavy atom. The van der Waals surface area contributed by atoms with Gasteiger partial charge in [-0.1, -0.05) is 29.5 Å². The molecule has 7 nitrogen and oxygen atoms in total. The maximum absolute atomic E-state index is 12.8. The normalized spacial score (nSPS) is 20.0. The molecule has 34 heavy (non-hydrogen) atoms. The number of fused-ring (bicyclic) bond motifs is 2. The van der Waals surface area contributed by atoms with Crippen molar-refractivity contribution >= 4 is 44.4 Å². The summed E-state index contributed by atoms with van der Waals surface area (Å²) in [5.41, 5.74) is 4.41. The maximum Gasteiger partial charge on any atom is 0.410 e. The number of rotatable bonds is 5. The van der Waals surface area contributed by atoms with E-state index >= 15 is 0 Å². The minimum atomic E-state index is -0.237. The summed E-state index contributed by atoms with van der Waals surface area (Å²) in [6, 6.07) is 14.4. The molecular formula is C26H29N3O4S. The van der Waals surface area contributed by atoms with Crippen LogP contribution in [0.4, 0.5) is 15.6 Å². The molecule has 8 heteroatoms. The van der Waals surface area contributed by atoms with E-state index in [1.54, 1.807) is 16.2 Å². The lowest BCUT2D eigenvalue weighted by molar-refractivity contribution is -0.142. The maximum atomic E-state index is 12.8. The molecule has 0 spiro atoms. The van der Waals surface area contributed by atoms with Gasteiger partial charge in [-0.05, 0) is 73.4 Å². The number of thiazole rings is 1. The van der Waals surface area contributed by atoms with E-state index in [0.717, 1.165) is 58.7 Å². The first-order valence-corrected chi connectivity index (χ1v) is 12.7. The Morgan fingerprint density at radius 3 is 2.74 bits per heavy atom. The van der Waals surface area contributed by atoms with Gasteiger partial charge >= 0.3 is 12.1 Å². The van der Waals surface area contributed by atoms with Crippen LogP contribution in [0.15, 0.2) is 42.5 Å². The van der Waals surface area contributed by atoms with E-state index in [0.29, 0.717) is 25.4 Å². The fourth-order valence-electron chi connectivity index (χ4n) is 4.83. The molecule has 0 bridgehead atoms. The molecule has 1 N–H and O–H groups in total. The molecule has 0 saturated heterocycles. The highest BCUT2D eigenvalue weighted by molar-refractivity contribution is 7.22. The first-order chi connectivity index (χ1) is 16.6. The molecule has 1 saturated carbocycles. The topological polar surface area (TPSA) is 80.8 Å². The molecule has 1 aliphatic heterocycles. The predicted octanol–water partition coefficient (Wildman–Crippen LogP) is 5.66. The van der Waals surface area contributed by atoms with Crippen molar-refractivity contribution in [3.63, 3.8) is 0 Å². The van der Waals surface area contributed by atoms with E-state index in [1.807, 2.05) is 24.3 Å². The van der Waals surface area contributed by atoms with Gasteiger partial charge in [0.2, 0.25) is 0 Å². The zero-order valence-electron chi connectivity index (χ0n) is 19.3. The highest BCUT2D eigenvalue weighted by Gasteiger charge is 2.28. The van der Waals surface area contributed by atoms with Gasteiger partial charge in [-0.2, -0.15) is 0 Å². The number of methoxy groups -OCH3 is 1. The molecule has 2 heterocycles. The number of hydrogen-bond donors (Lipinski definition) is 1. The lowest BCUT2D eigenvalue weighted by Gasteiger charge is -2.32. The smallest absolute Gasteiger partial charge is 0.410 e. The molecule has 0 radical (unpaired) electrons. The molecule has 1 amide bonds. The molecule has 1 aromatic heterocycles. The number of amides is 1. The summed E-state index contributed by atoms with van der Waals surface area (Å²) in [5.74, 6) is 0.167. The van der Waals surface area contributed by atoms with Gasteiger partial charge in [0, 0.05) is 25.2 Å². The van der Waals surface area contributed by atoms with Crippen molar-refractivity contribution in [2.24, 2.45) is 5.92 Å². The SMILES string of the molecule is COC(=O)CC1CCC(OC(=O)N2CCc3cc(Nc4nc5ccccc5s4)ccc3C2)CC1. The highest BCUT2D eigenvalue weighted by Crippen LogP contribution is 2.31. The Balaban J connectivity index is 1.14. The largest absolute Gasteiger partial charge is 0.469 e. The lowest BCUT2D eigenvalue weighted by atomic mass is 9.85. The van der Waals surface area contributed by atoms with Crippen molar-refractivity contribution in [2.75, 3.05) is 19.0 Å². The number of carbonyl (C=O) groups is 2. The zero-order valence-corrected chi connectivity index (χ0v) is 20.1. The molecule has 2 aromatic carbocycles. The van der Waals surface area contributed by atoms with Crippen LogP contribution in [-0.2, 0) is 27.2 Å². The van der Waals surface area contributed by atoms with E-state index < -0.39 is 0 Å². The van der Waals surface area contributed by atoms with Crippen molar-refractivity contribution in [3.8, 4) is 0 Å². The summed E-state index contributed by atoms with van der Waals surface area (Å²) < 4.78 is 11.7. The first-order valence-electron chi connectivity index (χ1n) is 11.8. The first kappa shape index (κ1) is 22.7. The number of esters is 1. The number of benzene rings is 2. The molecule has 1 aliphatic carbocycles. The quantitative estimate of drug-likeness (QED) is 0.476. The van der Waals surface area contributed by atoms with Gasteiger partial charge < -0.3 is 19.7 Å². The molecule has 0 atom stereocenters. The van der Waals surface area contributed by atoms with Crippen LogP contribution in [0.3, 0.4) is 0 Å². The van der Waals surface area contributed by atoms with Crippen molar-refractivity contribution in [1.82, 2.24) is 9.88 Å². The van der Waals surface area contributed by atoms with E-state index in [1.165, 1.54) is 12.7 Å². The van der Waals surface area contributed by atoms with Crippen molar-refractivity contribution in [2.45, 2.75) is 51.2 Å². The number of nitrogens with zero attached hydrogens (tertiary/aromatic N) is 2. The molecular weight excluding hydrogens is 450 g/mol. The average molecular weight is 480 g/mol. The Hall–Kier alpha value is -3.13. The van der Waals surface area contributed by atoms with Crippen LogP contribution in [0.2, 0.25) is 0 Å². The van der Waals surface area contributed by atoms with Crippen LogP contribution in [-0.4, -0.2) is 41.7 Å². The summed E-state index contributed by atoms with van der Waals surface area (Å²) >= 11 is 1.64. The van der Waals surface area contributed by atoms with Crippen LogP contribution < -0.4 is 5.32 Å². The van der Waals surface area contributed by atoms with E-state index in [2.05, 4.69) is 28.5 Å².